The fourth-order valence-corrected chi connectivity index (χ4v) is 10.0. The van der Waals surface area contributed by atoms with Crippen LogP contribution in [-0.4, -0.2) is 23.7 Å². The van der Waals surface area contributed by atoms with Crippen molar-refractivity contribution in [2.24, 2.45) is 0 Å². The van der Waals surface area contributed by atoms with Gasteiger partial charge in [-0.05, 0) is 124 Å². The topological polar surface area (TPSA) is 49.8 Å². The average molecular weight is 856 g/mol. The van der Waals surface area contributed by atoms with E-state index in [2.05, 4.69) is 231 Å². The minimum absolute atomic E-state index is 0.0186. The van der Waals surface area contributed by atoms with Gasteiger partial charge in [-0.1, -0.05) is 114 Å². The van der Waals surface area contributed by atoms with E-state index in [0.29, 0.717) is 0 Å². The number of hydrogen-bond acceptors (Lipinski definition) is 3. The molecule has 0 N–H and O–H groups in total. The molecule has 0 radical (unpaired) electrons. The molecule has 0 spiro atoms. The van der Waals surface area contributed by atoms with E-state index in [1.165, 1.54) is 43.9 Å². The molecule has 0 aliphatic heterocycles. The summed E-state index contributed by atoms with van der Waals surface area (Å²) in [7, 11) is 0. The van der Waals surface area contributed by atoms with Gasteiger partial charge >= 0.3 is 0 Å². The van der Waals surface area contributed by atoms with Crippen LogP contribution in [0.25, 0.3) is 93.9 Å². The van der Waals surface area contributed by atoms with Crippen molar-refractivity contribution in [1.29, 1.82) is 0 Å². The summed E-state index contributed by atoms with van der Waals surface area (Å²) in [6.45, 7) is 13.5. The van der Waals surface area contributed by atoms with Crippen LogP contribution in [-0.2, 0) is 10.8 Å². The molecule has 6 nitrogen and oxygen atoms in total. The molecule has 0 aliphatic rings. The molecule has 0 atom stereocenters. The van der Waals surface area contributed by atoms with Gasteiger partial charge in [0, 0.05) is 62.5 Å². The van der Waals surface area contributed by atoms with Crippen molar-refractivity contribution < 1.29 is 4.74 Å². The summed E-state index contributed by atoms with van der Waals surface area (Å²) in [5.41, 5.74) is 12.5. The maximum atomic E-state index is 6.88. The summed E-state index contributed by atoms with van der Waals surface area (Å²) in [6.07, 6.45) is 3.86. The lowest BCUT2D eigenvalue weighted by Gasteiger charge is -2.20. The van der Waals surface area contributed by atoms with E-state index in [9.17, 15) is 0 Å². The number of para-hydroxylation sites is 3. The highest BCUT2D eigenvalue weighted by Gasteiger charge is 2.22. The minimum atomic E-state index is -0.0554. The summed E-state index contributed by atoms with van der Waals surface area (Å²) in [5.74, 6) is 3.25. The Hall–Kier alpha value is -7.96. The largest absolute Gasteiger partial charge is 0.457 e. The summed E-state index contributed by atoms with van der Waals surface area (Å²) in [5, 5.41) is 7.07. The van der Waals surface area contributed by atoms with Crippen LogP contribution in [0.5, 0.6) is 11.5 Å². The van der Waals surface area contributed by atoms with E-state index in [4.69, 9.17) is 14.7 Å². The standard InChI is InChI=1S/C60H49N5O/c1-59(2,3)39-29-31-61-56(34-39)64-50-20-12-10-17-45(50)46-26-24-42(36-54(46)64)66-43-25-27-47-49-33-38(23-28-52(49)65(55(47)37-43)57-35-40(30-32-62-57)60(4,5)6)44-19-14-22-53-58(44)48-18-11-13-21-51(48)63(53)41-15-8-7-9-16-41/h7-37H,1-6H3. The van der Waals surface area contributed by atoms with Crippen molar-refractivity contribution in [1.82, 2.24) is 23.7 Å². The van der Waals surface area contributed by atoms with Crippen LogP contribution >= 0.6 is 0 Å². The van der Waals surface area contributed by atoms with Crippen LogP contribution in [0, 0.1) is 0 Å². The molecule has 5 aromatic heterocycles. The highest BCUT2D eigenvalue weighted by molar-refractivity contribution is 6.17. The fraction of sp³-hybridized carbons (Fsp3) is 0.133. The molecular formula is C60H49N5O. The molecule has 0 bridgehead atoms. The van der Waals surface area contributed by atoms with Crippen molar-refractivity contribution in [2.75, 3.05) is 0 Å². The Kier molecular flexibility index (Phi) is 8.88. The van der Waals surface area contributed by atoms with Gasteiger partial charge in [0.05, 0.1) is 33.1 Å². The highest BCUT2D eigenvalue weighted by atomic mass is 16.5. The molecule has 0 aliphatic carbocycles. The predicted octanol–water partition coefficient (Wildman–Crippen LogP) is 15.8. The average Bonchev–Trinajstić information content (AvgIpc) is 3.96. The predicted molar refractivity (Wildman–Crippen MR) is 274 cm³/mol. The normalized spacial score (nSPS) is 12.4. The van der Waals surface area contributed by atoms with Crippen molar-refractivity contribution in [3.8, 4) is 39.9 Å². The summed E-state index contributed by atoms with van der Waals surface area (Å²) < 4.78 is 13.8. The van der Waals surface area contributed by atoms with E-state index in [-0.39, 0.29) is 10.8 Å². The first-order valence-electron chi connectivity index (χ1n) is 22.8. The maximum Gasteiger partial charge on any atom is 0.137 e. The molecule has 12 rings (SSSR count). The first kappa shape index (κ1) is 39.6. The zero-order chi connectivity index (χ0) is 44.9. The second-order valence-corrected chi connectivity index (χ2v) is 19.6. The van der Waals surface area contributed by atoms with E-state index < -0.39 is 0 Å². The monoisotopic (exact) mass is 855 g/mol. The van der Waals surface area contributed by atoms with Gasteiger partial charge in [-0.25, -0.2) is 9.97 Å². The van der Waals surface area contributed by atoms with Gasteiger partial charge in [-0.3, -0.25) is 9.13 Å². The van der Waals surface area contributed by atoms with Gasteiger partial charge in [-0.2, -0.15) is 0 Å². The first-order valence-corrected chi connectivity index (χ1v) is 22.8. The maximum absolute atomic E-state index is 6.88. The quantitative estimate of drug-likeness (QED) is 0.167. The number of benzene rings is 7. The Morgan fingerprint density at radius 2 is 0.894 bits per heavy atom. The van der Waals surface area contributed by atoms with E-state index in [1.54, 1.807) is 0 Å². The highest BCUT2D eigenvalue weighted by Crippen LogP contribution is 2.43. The number of ether oxygens (including phenoxy) is 1. The van der Waals surface area contributed by atoms with Crippen LogP contribution < -0.4 is 4.74 Å². The van der Waals surface area contributed by atoms with Gasteiger partial charge < -0.3 is 9.30 Å². The number of hydrogen-bond donors (Lipinski definition) is 0. The van der Waals surface area contributed by atoms with Gasteiger partial charge in [0.2, 0.25) is 0 Å². The Labute approximate surface area is 384 Å². The molecule has 12 aromatic rings. The third kappa shape index (κ3) is 6.39. The van der Waals surface area contributed by atoms with Gasteiger partial charge in [-0.15, -0.1) is 0 Å². The smallest absolute Gasteiger partial charge is 0.137 e. The summed E-state index contributed by atoms with van der Waals surface area (Å²) in [4.78, 5) is 9.93. The molecule has 0 amide bonds. The summed E-state index contributed by atoms with van der Waals surface area (Å²) in [6, 6.07) is 63.1. The number of rotatable bonds is 6. The van der Waals surface area contributed by atoms with Crippen molar-refractivity contribution in [3.63, 3.8) is 0 Å². The first-order chi connectivity index (χ1) is 32.0. The zero-order valence-corrected chi connectivity index (χ0v) is 38.0. The van der Waals surface area contributed by atoms with Crippen LogP contribution in [0.3, 0.4) is 0 Å². The second-order valence-electron chi connectivity index (χ2n) is 19.6. The number of fused-ring (bicyclic) bond motifs is 9. The van der Waals surface area contributed by atoms with Gasteiger partial charge in [0.1, 0.15) is 23.1 Å². The van der Waals surface area contributed by atoms with Crippen molar-refractivity contribution in [2.45, 2.75) is 52.4 Å². The lowest BCUT2D eigenvalue weighted by atomic mass is 9.88. The van der Waals surface area contributed by atoms with Crippen molar-refractivity contribution in [3.05, 3.63) is 199 Å². The third-order valence-corrected chi connectivity index (χ3v) is 13.3. The molecule has 0 saturated heterocycles. The number of pyridine rings is 2. The lowest BCUT2D eigenvalue weighted by Crippen LogP contribution is -2.12. The van der Waals surface area contributed by atoms with Crippen LogP contribution in [0.1, 0.15) is 52.7 Å². The Bertz CT molecular complexity index is 3870. The summed E-state index contributed by atoms with van der Waals surface area (Å²) >= 11 is 0. The number of aromatic nitrogens is 5. The molecule has 0 fully saturated rings. The Morgan fingerprint density at radius 1 is 0.379 bits per heavy atom. The number of nitrogens with zero attached hydrogens (tertiary/aromatic N) is 5. The minimum Gasteiger partial charge on any atom is -0.457 e. The van der Waals surface area contributed by atoms with E-state index in [1.807, 2.05) is 12.4 Å². The fourth-order valence-electron chi connectivity index (χ4n) is 10.0. The van der Waals surface area contributed by atoms with Crippen LogP contribution in [0.2, 0.25) is 0 Å². The molecule has 0 saturated carbocycles. The van der Waals surface area contributed by atoms with E-state index >= 15 is 0 Å². The molecule has 0 unspecified atom stereocenters. The van der Waals surface area contributed by atoms with Gasteiger partial charge in [0.25, 0.3) is 0 Å². The Balaban J connectivity index is 1.03. The molecular weight excluding hydrogens is 807 g/mol. The van der Waals surface area contributed by atoms with E-state index in [0.717, 1.165) is 72.6 Å². The molecule has 6 heteroatoms. The van der Waals surface area contributed by atoms with Gasteiger partial charge in [0.15, 0.2) is 0 Å². The third-order valence-electron chi connectivity index (χ3n) is 13.3. The Morgan fingerprint density at radius 3 is 1.52 bits per heavy atom. The SMILES string of the molecule is CC(C)(C)c1ccnc(-n2c3ccccc3c3ccc(Oc4ccc5c6cc(-c7cccc8c7c7ccccc7n8-c7ccccc7)ccc6n(-c6cc(C(C)(C)C)ccn6)c5c4)cc32)c1. The van der Waals surface area contributed by atoms with Crippen LogP contribution in [0.15, 0.2) is 188 Å². The molecule has 66 heavy (non-hydrogen) atoms. The molecule has 7 aromatic carbocycles. The molecule has 5 heterocycles. The second kappa shape index (κ2) is 14.8. The zero-order valence-electron chi connectivity index (χ0n) is 38.0. The van der Waals surface area contributed by atoms with Crippen molar-refractivity contribution >= 4 is 65.4 Å². The lowest BCUT2D eigenvalue weighted by molar-refractivity contribution is 0.484. The molecule has 320 valence electrons. The van der Waals surface area contributed by atoms with Crippen LogP contribution in [0.4, 0.5) is 0 Å².